The normalized spacial score (nSPS) is 19.7. The number of halogens is 1. The van der Waals surface area contributed by atoms with Crippen molar-refractivity contribution in [1.82, 2.24) is 4.90 Å². The van der Waals surface area contributed by atoms with E-state index in [1.165, 1.54) is 7.11 Å². The van der Waals surface area contributed by atoms with Crippen LogP contribution in [0.4, 0.5) is 5.69 Å². The number of amides is 1. The maximum Gasteiger partial charge on any atom is 0.262 e. The van der Waals surface area contributed by atoms with Crippen molar-refractivity contribution in [1.29, 1.82) is 0 Å². The molecule has 0 bridgehead atoms. The Morgan fingerprint density at radius 3 is 2.05 bits per heavy atom. The standard InChI is InChI=1S/C35H41ClN2O5/c1-19-9-10-22(11-20(19)2)37-29(41)18-43-33-23(36)12-21(13-28(33)42-8)30-31-24(14-34(3,4)16-26(31)39)38(7)25-15-35(5,6)17-27(40)32(25)30/h9-13,30H,14-18H2,1-8H3,(H,37,41). The first-order chi connectivity index (χ1) is 20.1. The minimum absolute atomic E-state index is 0.0470. The predicted molar refractivity (Wildman–Crippen MR) is 169 cm³/mol. The van der Waals surface area contributed by atoms with Gasteiger partial charge < -0.3 is 19.7 Å². The van der Waals surface area contributed by atoms with Crippen molar-refractivity contribution >= 4 is 34.8 Å². The second-order valence-corrected chi connectivity index (χ2v) is 14.2. The summed E-state index contributed by atoms with van der Waals surface area (Å²) in [7, 11) is 3.49. The molecule has 0 atom stereocenters. The van der Waals surface area contributed by atoms with Crippen LogP contribution in [0, 0.1) is 24.7 Å². The zero-order valence-electron chi connectivity index (χ0n) is 26.4. The number of aryl methyl sites for hydroxylation is 2. The number of Topliss-reactive ketones (excluding diaryl/α,β-unsaturated/α-hetero) is 2. The number of ether oxygens (including phenoxy) is 2. The van der Waals surface area contributed by atoms with Gasteiger partial charge in [0.25, 0.3) is 5.91 Å². The molecule has 0 saturated heterocycles. The third-order valence-corrected chi connectivity index (χ3v) is 9.18. The van der Waals surface area contributed by atoms with E-state index in [1.54, 1.807) is 12.1 Å². The fraction of sp³-hybridized carbons (Fsp3) is 0.457. The van der Waals surface area contributed by atoms with Gasteiger partial charge in [0, 0.05) is 54.0 Å². The number of allylic oxidation sites excluding steroid dienone is 4. The zero-order valence-corrected chi connectivity index (χ0v) is 27.1. The minimum atomic E-state index is -0.554. The lowest BCUT2D eigenvalue weighted by Crippen LogP contribution is -2.43. The average Bonchev–Trinajstić information content (AvgIpc) is 2.89. The largest absolute Gasteiger partial charge is 0.493 e. The number of benzene rings is 2. The molecule has 43 heavy (non-hydrogen) atoms. The van der Waals surface area contributed by atoms with E-state index in [0.717, 1.165) is 35.4 Å². The van der Waals surface area contributed by atoms with Crippen molar-refractivity contribution < 1.29 is 23.9 Å². The molecule has 0 aromatic heterocycles. The summed E-state index contributed by atoms with van der Waals surface area (Å²) in [6.07, 6.45) is 2.27. The third-order valence-electron chi connectivity index (χ3n) is 8.90. The number of nitrogens with one attached hydrogen (secondary N) is 1. The average molecular weight is 605 g/mol. The molecular formula is C35H41ClN2O5. The molecule has 1 N–H and O–H groups in total. The van der Waals surface area contributed by atoms with E-state index >= 15 is 0 Å². The highest BCUT2D eigenvalue weighted by atomic mass is 35.5. The lowest BCUT2D eigenvalue weighted by Gasteiger charge is -2.48. The highest BCUT2D eigenvalue weighted by Crippen LogP contribution is 2.55. The van der Waals surface area contributed by atoms with Gasteiger partial charge in [0.2, 0.25) is 0 Å². The Labute approximate surface area is 259 Å². The Hall–Kier alpha value is -3.58. The zero-order chi connectivity index (χ0) is 31.4. The topological polar surface area (TPSA) is 84.9 Å². The molecule has 2 aromatic carbocycles. The van der Waals surface area contributed by atoms with Crippen molar-refractivity contribution in [2.24, 2.45) is 10.8 Å². The first-order valence-electron chi connectivity index (χ1n) is 14.7. The summed E-state index contributed by atoms with van der Waals surface area (Å²) >= 11 is 6.81. The molecule has 8 heteroatoms. The summed E-state index contributed by atoms with van der Waals surface area (Å²) in [4.78, 5) is 42.4. The van der Waals surface area contributed by atoms with Crippen molar-refractivity contribution in [3.8, 4) is 11.5 Å². The summed E-state index contributed by atoms with van der Waals surface area (Å²) < 4.78 is 11.6. The minimum Gasteiger partial charge on any atom is -0.493 e. The highest BCUT2D eigenvalue weighted by molar-refractivity contribution is 6.32. The quantitative estimate of drug-likeness (QED) is 0.372. The Morgan fingerprint density at radius 1 is 0.930 bits per heavy atom. The highest BCUT2D eigenvalue weighted by Gasteiger charge is 2.48. The van der Waals surface area contributed by atoms with E-state index in [1.807, 2.05) is 39.1 Å². The van der Waals surface area contributed by atoms with Gasteiger partial charge in [-0.3, -0.25) is 14.4 Å². The van der Waals surface area contributed by atoms with Crippen LogP contribution in [0.5, 0.6) is 11.5 Å². The van der Waals surface area contributed by atoms with Gasteiger partial charge in [-0.25, -0.2) is 0 Å². The van der Waals surface area contributed by atoms with Gasteiger partial charge in [-0.05, 0) is 78.5 Å². The molecule has 1 aliphatic heterocycles. The van der Waals surface area contributed by atoms with Crippen LogP contribution in [0.3, 0.4) is 0 Å². The number of rotatable bonds is 6. The molecule has 0 fully saturated rings. The molecule has 5 rings (SSSR count). The molecule has 1 amide bonds. The lowest BCUT2D eigenvalue weighted by molar-refractivity contribution is -0.120. The predicted octanol–water partition coefficient (Wildman–Crippen LogP) is 7.30. The van der Waals surface area contributed by atoms with E-state index in [2.05, 4.69) is 37.9 Å². The van der Waals surface area contributed by atoms with Gasteiger partial charge >= 0.3 is 0 Å². The van der Waals surface area contributed by atoms with Crippen LogP contribution in [0.1, 0.15) is 76.0 Å². The van der Waals surface area contributed by atoms with Crippen LogP contribution >= 0.6 is 11.6 Å². The Balaban J connectivity index is 1.52. The molecule has 2 aliphatic carbocycles. The third kappa shape index (κ3) is 5.97. The van der Waals surface area contributed by atoms with Gasteiger partial charge in [0.15, 0.2) is 29.7 Å². The van der Waals surface area contributed by atoms with Gasteiger partial charge in [0.1, 0.15) is 0 Å². The number of hydrogen-bond acceptors (Lipinski definition) is 6. The van der Waals surface area contributed by atoms with Crippen LogP contribution < -0.4 is 14.8 Å². The molecule has 3 aliphatic rings. The molecule has 0 spiro atoms. The smallest absolute Gasteiger partial charge is 0.262 e. The van der Waals surface area contributed by atoms with Crippen LogP contribution in [-0.4, -0.2) is 43.1 Å². The lowest BCUT2D eigenvalue weighted by atomic mass is 9.63. The van der Waals surface area contributed by atoms with Crippen molar-refractivity contribution in [3.63, 3.8) is 0 Å². The van der Waals surface area contributed by atoms with Crippen LogP contribution in [0.15, 0.2) is 52.9 Å². The Morgan fingerprint density at radius 2 is 1.51 bits per heavy atom. The van der Waals surface area contributed by atoms with E-state index in [4.69, 9.17) is 21.1 Å². The fourth-order valence-corrected chi connectivity index (χ4v) is 6.97. The van der Waals surface area contributed by atoms with Crippen LogP contribution in [0.25, 0.3) is 0 Å². The number of hydrogen-bond donors (Lipinski definition) is 1. The van der Waals surface area contributed by atoms with Crippen LogP contribution in [-0.2, 0) is 14.4 Å². The fourth-order valence-electron chi connectivity index (χ4n) is 6.70. The summed E-state index contributed by atoms with van der Waals surface area (Å²) in [6, 6.07) is 9.23. The van der Waals surface area contributed by atoms with E-state index < -0.39 is 5.92 Å². The van der Waals surface area contributed by atoms with Gasteiger partial charge in [-0.2, -0.15) is 0 Å². The van der Waals surface area contributed by atoms with Crippen molar-refractivity contribution in [2.45, 2.75) is 73.1 Å². The SMILES string of the molecule is COc1cc(C2C3=C(CC(C)(C)CC3=O)N(C)C3=C2C(=O)CC(C)(C)C3)cc(Cl)c1OCC(=O)Nc1ccc(C)c(C)c1. The Bertz CT molecular complexity index is 1550. The molecule has 2 aromatic rings. The number of nitrogens with zero attached hydrogens (tertiary/aromatic N) is 1. The van der Waals surface area contributed by atoms with E-state index in [0.29, 0.717) is 41.0 Å². The molecule has 7 nitrogen and oxygen atoms in total. The van der Waals surface area contributed by atoms with Crippen LogP contribution in [0.2, 0.25) is 5.02 Å². The van der Waals surface area contributed by atoms with Gasteiger partial charge in [-0.1, -0.05) is 45.4 Å². The maximum atomic E-state index is 13.8. The number of carbonyl (C=O) groups excluding carboxylic acids is 3. The first kappa shape index (κ1) is 30.9. The summed E-state index contributed by atoms with van der Waals surface area (Å²) in [5.41, 5.74) is 6.47. The first-order valence-corrected chi connectivity index (χ1v) is 15.1. The van der Waals surface area contributed by atoms with Crippen molar-refractivity contribution in [2.75, 3.05) is 26.1 Å². The molecule has 0 radical (unpaired) electrons. The number of methoxy groups -OCH3 is 1. The monoisotopic (exact) mass is 604 g/mol. The van der Waals surface area contributed by atoms with E-state index in [9.17, 15) is 14.4 Å². The number of carbonyl (C=O) groups is 3. The molecule has 1 heterocycles. The summed E-state index contributed by atoms with van der Waals surface area (Å²) in [5, 5.41) is 3.09. The van der Waals surface area contributed by atoms with Crippen molar-refractivity contribution in [3.05, 3.63) is 74.6 Å². The molecule has 0 unspecified atom stereocenters. The van der Waals surface area contributed by atoms with Gasteiger partial charge in [-0.15, -0.1) is 0 Å². The maximum absolute atomic E-state index is 13.8. The molecular weight excluding hydrogens is 564 g/mol. The molecule has 0 saturated carbocycles. The second-order valence-electron chi connectivity index (χ2n) is 13.8. The summed E-state index contributed by atoms with van der Waals surface area (Å²) in [5.74, 6) is -0.238. The molecule has 228 valence electrons. The second kappa shape index (κ2) is 11.2. The van der Waals surface area contributed by atoms with E-state index in [-0.39, 0.29) is 45.7 Å². The number of anilines is 1. The Kier molecular flexibility index (Phi) is 8.01. The van der Waals surface area contributed by atoms with Gasteiger partial charge in [0.05, 0.1) is 12.1 Å². The summed E-state index contributed by atoms with van der Waals surface area (Å²) in [6.45, 7) is 12.2. The number of ketones is 2.